The summed E-state index contributed by atoms with van der Waals surface area (Å²) in [5.74, 6) is 0. The van der Waals surface area contributed by atoms with E-state index >= 15 is 0 Å². The van der Waals surface area contributed by atoms with Gasteiger partial charge in [0, 0.05) is 60.7 Å². The van der Waals surface area contributed by atoms with E-state index in [1.165, 1.54) is 128 Å². The Bertz CT molecular complexity index is 5480. The largest absolute Gasteiger partial charge is 0.313 e. The first-order chi connectivity index (χ1) is 44.1. The van der Waals surface area contributed by atoms with Crippen molar-refractivity contribution in [1.29, 1.82) is 0 Å². The van der Waals surface area contributed by atoms with Crippen molar-refractivity contribution in [2.45, 2.75) is 51.4 Å². The zero-order chi connectivity index (χ0) is 60.0. The SMILES string of the molecule is CC1(C)c2ccccc2-c2ccc(-c3cc(-n4c5c(c6ccccc64)C=CCC5)ccc3-c3ccc(-c4nc5ccccc5nc4-c4ccc(-c5ccc(-n6c7ccccc7c7ccccc76)cc5-c5ccc6c(c5)C(C)(C)c5ccccc5-6)cc4)cc3)cc21. The number of fused-ring (bicyclic) bond motifs is 13. The highest BCUT2D eigenvalue weighted by atomic mass is 15.0. The summed E-state index contributed by atoms with van der Waals surface area (Å²) in [6.07, 6.45) is 6.68. The van der Waals surface area contributed by atoms with Crippen LogP contribution >= 0.6 is 0 Å². The lowest BCUT2D eigenvalue weighted by Crippen LogP contribution is -2.14. The normalized spacial score (nSPS) is 14.0. The first-order valence-corrected chi connectivity index (χ1v) is 31.7. The first kappa shape index (κ1) is 52.2. The molecule has 426 valence electrons. The number of nitrogens with zero attached hydrogens (tertiary/aromatic N) is 4. The highest BCUT2D eigenvalue weighted by molar-refractivity contribution is 6.09. The van der Waals surface area contributed by atoms with Gasteiger partial charge < -0.3 is 9.13 Å². The highest BCUT2D eigenvalue weighted by Gasteiger charge is 2.37. The van der Waals surface area contributed by atoms with Crippen molar-refractivity contribution in [3.63, 3.8) is 0 Å². The van der Waals surface area contributed by atoms with Gasteiger partial charge in [-0.3, -0.25) is 0 Å². The van der Waals surface area contributed by atoms with Gasteiger partial charge >= 0.3 is 0 Å². The molecule has 3 aliphatic rings. The summed E-state index contributed by atoms with van der Waals surface area (Å²) in [5, 5.41) is 3.79. The Balaban J connectivity index is 0.751. The standard InChI is InChI=1S/C86H62N4/c1-85(2)73-25-11-5-19-63(73)65-45-41-57(49-75(65)85)71-51-59(89-79-29-15-7-21-67(79)68-22-8-16-30-80(68)89)43-47-61(71)53-33-37-55(38-34-53)83-84(88-78-28-14-13-27-77(78)87-83)56-39-35-54(36-40-56)62-48-44-60(90-81-31-17-9-23-69(81)70-24-10-18-32-82(70)90)52-72(62)58-42-46-66-64-20-6-12-26-74(64)86(3,4)76(66)50-58/h5-17,19-31,33-52H,18,32H2,1-4H3. The van der Waals surface area contributed by atoms with Crippen molar-refractivity contribution < 1.29 is 0 Å². The monoisotopic (exact) mass is 1150 g/mol. The van der Waals surface area contributed by atoms with E-state index in [1.807, 2.05) is 0 Å². The molecule has 0 amide bonds. The van der Waals surface area contributed by atoms with Crippen LogP contribution in [0.1, 0.15) is 67.6 Å². The Hall–Kier alpha value is -10.9. The van der Waals surface area contributed by atoms with Crippen molar-refractivity contribution in [3.05, 3.63) is 307 Å². The molecule has 4 heteroatoms. The molecule has 12 aromatic carbocycles. The van der Waals surface area contributed by atoms with Gasteiger partial charge in [-0.15, -0.1) is 0 Å². The molecule has 0 N–H and O–H groups in total. The smallest absolute Gasteiger partial charge is 0.0973 e. The molecule has 0 fully saturated rings. The van der Waals surface area contributed by atoms with Crippen LogP contribution in [0.4, 0.5) is 0 Å². The topological polar surface area (TPSA) is 35.6 Å². The number of aromatic nitrogens is 4. The molecule has 0 spiro atoms. The van der Waals surface area contributed by atoms with Crippen LogP contribution < -0.4 is 0 Å². The Kier molecular flexibility index (Phi) is 11.5. The summed E-state index contributed by atoms with van der Waals surface area (Å²) >= 11 is 0. The van der Waals surface area contributed by atoms with Gasteiger partial charge in [-0.25, -0.2) is 9.97 Å². The van der Waals surface area contributed by atoms with Crippen LogP contribution in [0, 0.1) is 0 Å². The average molecular weight is 1150 g/mol. The minimum absolute atomic E-state index is 0.139. The predicted octanol–water partition coefficient (Wildman–Crippen LogP) is 22.2. The zero-order valence-electron chi connectivity index (χ0n) is 50.8. The molecule has 0 bridgehead atoms. The second-order valence-electron chi connectivity index (χ2n) is 25.9. The van der Waals surface area contributed by atoms with Crippen LogP contribution in [0.25, 0.3) is 150 Å². The van der Waals surface area contributed by atoms with Gasteiger partial charge in [-0.2, -0.15) is 0 Å². The number of para-hydroxylation sites is 5. The van der Waals surface area contributed by atoms with Crippen molar-refractivity contribution in [1.82, 2.24) is 19.1 Å². The summed E-state index contributed by atoms with van der Waals surface area (Å²) < 4.78 is 4.94. The number of hydrogen-bond donors (Lipinski definition) is 0. The van der Waals surface area contributed by atoms with Gasteiger partial charge in [0.05, 0.1) is 39.0 Å². The molecule has 3 aliphatic carbocycles. The first-order valence-electron chi connectivity index (χ1n) is 31.7. The average Bonchev–Trinajstić information content (AvgIpc) is 1.66. The lowest BCUT2D eigenvalue weighted by Gasteiger charge is -2.23. The quantitative estimate of drug-likeness (QED) is 0.152. The lowest BCUT2D eigenvalue weighted by molar-refractivity contribution is 0.660. The molecule has 90 heavy (non-hydrogen) atoms. The zero-order valence-corrected chi connectivity index (χ0v) is 50.8. The summed E-state index contributed by atoms with van der Waals surface area (Å²) in [6.45, 7) is 9.49. The summed E-state index contributed by atoms with van der Waals surface area (Å²) in [5.41, 5.74) is 33.9. The van der Waals surface area contributed by atoms with Crippen molar-refractivity contribution in [3.8, 4) is 101 Å². The van der Waals surface area contributed by atoms with Crippen LogP contribution in [-0.2, 0) is 17.3 Å². The molecular formula is C86H62N4. The van der Waals surface area contributed by atoms with Crippen molar-refractivity contribution >= 4 is 49.8 Å². The minimum Gasteiger partial charge on any atom is -0.313 e. The maximum Gasteiger partial charge on any atom is 0.0973 e. The Morgan fingerprint density at radius 1 is 0.311 bits per heavy atom. The number of allylic oxidation sites excluding steroid dienone is 1. The summed E-state index contributed by atoms with van der Waals surface area (Å²) in [6, 6.07) is 99.1. The van der Waals surface area contributed by atoms with Gasteiger partial charge in [0.15, 0.2) is 0 Å². The van der Waals surface area contributed by atoms with Crippen LogP contribution in [0.2, 0.25) is 0 Å². The maximum atomic E-state index is 5.45. The van der Waals surface area contributed by atoms with E-state index in [0.29, 0.717) is 0 Å². The van der Waals surface area contributed by atoms with E-state index in [1.54, 1.807) is 0 Å². The van der Waals surface area contributed by atoms with E-state index in [-0.39, 0.29) is 10.8 Å². The minimum atomic E-state index is -0.146. The van der Waals surface area contributed by atoms with Crippen molar-refractivity contribution in [2.75, 3.05) is 0 Å². The van der Waals surface area contributed by atoms with E-state index < -0.39 is 0 Å². The van der Waals surface area contributed by atoms with Gasteiger partial charge in [0.25, 0.3) is 0 Å². The van der Waals surface area contributed by atoms with Crippen LogP contribution in [0.3, 0.4) is 0 Å². The van der Waals surface area contributed by atoms with E-state index in [4.69, 9.17) is 9.97 Å². The fourth-order valence-corrected chi connectivity index (χ4v) is 15.8. The maximum absolute atomic E-state index is 5.45. The molecule has 18 rings (SSSR count). The molecule has 0 radical (unpaired) electrons. The molecule has 0 saturated heterocycles. The van der Waals surface area contributed by atoms with E-state index in [2.05, 4.69) is 316 Å². The number of hydrogen-bond acceptors (Lipinski definition) is 2. The predicted molar refractivity (Wildman–Crippen MR) is 376 cm³/mol. The van der Waals surface area contributed by atoms with Gasteiger partial charge in [-0.1, -0.05) is 240 Å². The summed E-state index contributed by atoms with van der Waals surface area (Å²) in [4.78, 5) is 10.9. The third kappa shape index (κ3) is 7.87. The molecule has 4 nitrogen and oxygen atoms in total. The van der Waals surface area contributed by atoms with E-state index in [9.17, 15) is 0 Å². The Morgan fingerprint density at radius 2 is 0.700 bits per heavy atom. The highest BCUT2D eigenvalue weighted by Crippen LogP contribution is 2.53. The molecule has 0 atom stereocenters. The second kappa shape index (κ2) is 19.8. The fourth-order valence-electron chi connectivity index (χ4n) is 15.8. The van der Waals surface area contributed by atoms with Gasteiger partial charge in [0.1, 0.15) is 0 Å². The molecular weight excluding hydrogens is 1090 g/mol. The number of benzene rings is 12. The van der Waals surface area contributed by atoms with Gasteiger partial charge in [0.2, 0.25) is 0 Å². The summed E-state index contributed by atoms with van der Waals surface area (Å²) in [7, 11) is 0. The molecule has 3 heterocycles. The molecule has 3 aromatic heterocycles. The molecule has 0 aliphatic heterocycles. The van der Waals surface area contributed by atoms with Crippen molar-refractivity contribution in [2.24, 2.45) is 0 Å². The molecule has 15 aromatic rings. The third-order valence-electron chi connectivity index (χ3n) is 20.2. The van der Waals surface area contributed by atoms with Crippen LogP contribution in [-0.4, -0.2) is 19.1 Å². The lowest BCUT2D eigenvalue weighted by atomic mass is 9.81. The molecule has 0 unspecified atom stereocenters. The second-order valence-corrected chi connectivity index (χ2v) is 25.9. The third-order valence-corrected chi connectivity index (χ3v) is 20.2. The van der Waals surface area contributed by atoms with Crippen LogP contribution in [0.15, 0.2) is 273 Å². The fraction of sp³-hybridized carbons (Fsp3) is 0.0930. The van der Waals surface area contributed by atoms with Crippen LogP contribution in [0.5, 0.6) is 0 Å². The number of rotatable bonds is 8. The molecule has 0 saturated carbocycles. The Morgan fingerprint density at radius 3 is 1.21 bits per heavy atom. The van der Waals surface area contributed by atoms with E-state index in [0.717, 1.165) is 63.2 Å². The van der Waals surface area contributed by atoms with Gasteiger partial charge in [-0.05, 0) is 169 Å². The Labute approximate surface area is 524 Å².